The second-order valence-electron chi connectivity index (χ2n) is 8.26. The number of aromatic nitrogens is 2. The normalized spacial score (nSPS) is 17.6. The highest BCUT2D eigenvalue weighted by molar-refractivity contribution is 6.32. The van der Waals surface area contributed by atoms with Crippen LogP contribution in [0.3, 0.4) is 0 Å². The second kappa shape index (κ2) is 8.48. The number of nitrogens with zero attached hydrogens (tertiary/aromatic N) is 1. The van der Waals surface area contributed by atoms with Gasteiger partial charge in [-0.3, -0.25) is 0 Å². The summed E-state index contributed by atoms with van der Waals surface area (Å²) in [7, 11) is 0. The first-order valence-corrected chi connectivity index (χ1v) is 11.1. The Labute approximate surface area is 200 Å². The summed E-state index contributed by atoms with van der Waals surface area (Å²) in [4.78, 5) is 18.9. The highest BCUT2D eigenvalue weighted by Gasteiger charge is 2.30. The lowest BCUT2D eigenvalue weighted by Gasteiger charge is -2.28. The number of fused-ring (bicyclic) bond motifs is 1. The van der Waals surface area contributed by atoms with E-state index in [1.807, 2.05) is 42.5 Å². The molecule has 4 aromatic rings. The minimum Gasteiger partial charge on any atom is -0.478 e. The molecular formula is C27H21ClN2O4. The number of carboxylic acid groups (broad SMARTS) is 1. The molecule has 0 spiro atoms. The van der Waals surface area contributed by atoms with E-state index in [1.165, 1.54) is 6.07 Å². The molecule has 1 aliphatic rings. The smallest absolute Gasteiger partial charge is 0.336 e. The first-order valence-electron chi connectivity index (χ1n) is 10.7. The number of hydrogen-bond donors (Lipinski definition) is 3. The SMILES string of the molecule is Cc1ccc(Oc2nc3cc(Cl)c(C4(O)C=CC(c5ccccc5)=CC4)cc3[nH]2)cc1C(=O)O. The highest BCUT2D eigenvalue weighted by Crippen LogP contribution is 2.39. The number of allylic oxidation sites excluding steroid dienone is 2. The minimum atomic E-state index is -1.26. The van der Waals surface area contributed by atoms with Crippen LogP contribution in [0, 0.1) is 6.92 Å². The van der Waals surface area contributed by atoms with E-state index in [0.717, 1.165) is 11.1 Å². The molecule has 0 saturated carbocycles. The van der Waals surface area contributed by atoms with Crippen LogP contribution in [0.5, 0.6) is 11.8 Å². The number of aromatic carboxylic acids is 1. The van der Waals surface area contributed by atoms with Crippen molar-refractivity contribution in [3.05, 3.63) is 106 Å². The van der Waals surface area contributed by atoms with E-state index in [1.54, 1.807) is 37.3 Å². The predicted molar refractivity (Wildman–Crippen MR) is 131 cm³/mol. The van der Waals surface area contributed by atoms with Gasteiger partial charge in [0.25, 0.3) is 6.01 Å². The molecule has 3 aromatic carbocycles. The molecule has 0 fully saturated rings. The number of nitrogens with one attached hydrogen (secondary N) is 1. The predicted octanol–water partition coefficient (Wildman–Crippen LogP) is 6.25. The zero-order valence-corrected chi connectivity index (χ0v) is 19.0. The van der Waals surface area contributed by atoms with Crippen molar-refractivity contribution in [2.45, 2.75) is 18.9 Å². The van der Waals surface area contributed by atoms with Crippen LogP contribution in [-0.4, -0.2) is 26.2 Å². The van der Waals surface area contributed by atoms with Gasteiger partial charge < -0.3 is 19.9 Å². The molecule has 170 valence electrons. The summed E-state index contributed by atoms with van der Waals surface area (Å²) in [6.07, 6.45) is 6.03. The number of carboxylic acids is 1. The summed E-state index contributed by atoms with van der Waals surface area (Å²) in [6.45, 7) is 1.72. The van der Waals surface area contributed by atoms with Crippen LogP contribution in [0.1, 0.15) is 33.5 Å². The summed E-state index contributed by atoms with van der Waals surface area (Å²) in [5.41, 5.74) is 3.42. The number of aromatic amines is 1. The lowest BCUT2D eigenvalue weighted by Crippen LogP contribution is -2.24. The lowest BCUT2D eigenvalue weighted by atomic mass is 9.84. The van der Waals surface area contributed by atoms with Crippen molar-refractivity contribution in [1.82, 2.24) is 9.97 Å². The monoisotopic (exact) mass is 472 g/mol. The Kier molecular flexibility index (Phi) is 5.48. The van der Waals surface area contributed by atoms with Gasteiger partial charge in [-0.05, 0) is 54.0 Å². The largest absolute Gasteiger partial charge is 0.478 e. The van der Waals surface area contributed by atoms with Crippen molar-refractivity contribution in [2.24, 2.45) is 0 Å². The van der Waals surface area contributed by atoms with Crippen LogP contribution >= 0.6 is 11.6 Å². The zero-order valence-electron chi connectivity index (χ0n) is 18.2. The van der Waals surface area contributed by atoms with Gasteiger partial charge >= 0.3 is 5.97 Å². The van der Waals surface area contributed by atoms with Crippen molar-refractivity contribution >= 4 is 34.2 Å². The number of hydrogen-bond acceptors (Lipinski definition) is 4. The first kappa shape index (κ1) is 21.9. The molecule has 34 heavy (non-hydrogen) atoms. The Hall–Kier alpha value is -3.87. The van der Waals surface area contributed by atoms with E-state index in [4.69, 9.17) is 16.3 Å². The maximum atomic E-state index is 11.4. The van der Waals surface area contributed by atoms with E-state index in [9.17, 15) is 15.0 Å². The van der Waals surface area contributed by atoms with Gasteiger partial charge in [-0.1, -0.05) is 60.2 Å². The Bertz CT molecular complexity index is 1470. The molecule has 5 rings (SSSR count). The van der Waals surface area contributed by atoms with Crippen LogP contribution in [0.15, 0.2) is 78.9 Å². The molecule has 6 nitrogen and oxygen atoms in total. The number of ether oxygens (including phenoxy) is 1. The molecule has 0 amide bonds. The minimum absolute atomic E-state index is 0.160. The van der Waals surface area contributed by atoms with Gasteiger partial charge in [0.2, 0.25) is 0 Å². The maximum Gasteiger partial charge on any atom is 0.336 e. The fraction of sp³-hybridized carbons (Fsp3) is 0.111. The summed E-state index contributed by atoms with van der Waals surface area (Å²) in [6, 6.07) is 18.4. The molecule has 1 heterocycles. The van der Waals surface area contributed by atoms with Gasteiger partial charge in [0.1, 0.15) is 11.4 Å². The van der Waals surface area contributed by atoms with Gasteiger partial charge in [0.05, 0.1) is 16.6 Å². The van der Waals surface area contributed by atoms with E-state index < -0.39 is 11.6 Å². The van der Waals surface area contributed by atoms with E-state index in [-0.39, 0.29) is 11.6 Å². The standard InChI is InChI=1S/C27H21ClN2O4/c1-16-7-8-19(13-20(16)25(31)32)34-26-29-23-14-21(22(28)15-24(23)30-26)27(33)11-9-18(10-12-27)17-5-3-2-4-6-17/h2-11,13-15,33H,12H2,1H3,(H,29,30)(H,31,32). The third kappa shape index (κ3) is 4.09. The molecule has 1 aliphatic carbocycles. The quantitative estimate of drug-likeness (QED) is 0.319. The summed E-state index contributed by atoms with van der Waals surface area (Å²) >= 11 is 6.55. The maximum absolute atomic E-state index is 11.4. The molecule has 1 atom stereocenters. The Morgan fingerprint density at radius 1 is 1.15 bits per heavy atom. The second-order valence-corrected chi connectivity index (χ2v) is 8.67. The third-order valence-corrected chi connectivity index (χ3v) is 6.26. The summed E-state index contributed by atoms with van der Waals surface area (Å²) in [5.74, 6) is -0.678. The van der Waals surface area contributed by atoms with Gasteiger partial charge in [-0.25, -0.2) is 4.79 Å². The molecule has 0 bridgehead atoms. The molecular weight excluding hydrogens is 452 g/mol. The zero-order chi connectivity index (χ0) is 23.9. The number of H-pyrrole nitrogens is 1. The Morgan fingerprint density at radius 3 is 2.65 bits per heavy atom. The molecule has 0 saturated heterocycles. The van der Waals surface area contributed by atoms with Crippen LogP contribution in [-0.2, 0) is 5.60 Å². The number of benzene rings is 3. The van der Waals surface area contributed by atoms with Crippen LogP contribution < -0.4 is 4.74 Å². The van der Waals surface area contributed by atoms with Crippen LogP contribution in [0.4, 0.5) is 0 Å². The first-order chi connectivity index (χ1) is 16.3. The topological polar surface area (TPSA) is 95.4 Å². The summed E-state index contributed by atoms with van der Waals surface area (Å²) in [5, 5.41) is 21.1. The van der Waals surface area contributed by atoms with E-state index >= 15 is 0 Å². The Morgan fingerprint density at radius 2 is 1.94 bits per heavy atom. The van der Waals surface area contributed by atoms with Crippen LogP contribution in [0.25, 0.3) is 16.6 Å². The van der Waals surface area contributed by atoms with Gasteiger partial charge in [0.15, 0.2) is 0 Å². The number of carbonyl (C=O) groups is 1. The van der Waals surface area contributed by atoms with Gasteiger partial charge in [-0.2, -0.15) is 4.98 Å². The molecule has 1 unspecified atom stereocenters. The highest BCUT2D eigenvalue weighted by atomic mass is 35.5. The fourth-order valence-corrected chi connectivity index (χ4v) is 4.39. The van der Waals surface area contributed by atoms with Crippen molar-refractivity contribution in [1.29, 1.82) is 0 Å². The van der Waals surface area contributed by atoms with E-state index in [0.29, 0.717) is 39.4 Å². The molecule has 3 N–H and O–H groups in total. The van der Waals surface area contributed by atoms with E-state index in [2.05, 4.69) is 9.97 Å². The average Bonchev–Trinajstić information content (AvgIpc) is 3.21. The third-order valence-electron chi connectivity index (χ3n) is 5.95. The number of imidazole rings is 1. The van der Waals surface area contributed by atoms with Crippen molar-refractivity contribution in [3.8, 4) is 11.8 Å². The molecule has 0 radical (unpaired) electrons. The molecule has 1 aromatic heterocycles. The number of rotatable bonds is 5. The van der Waals surface area contributed by atoms with Crippen molar-refractivity contribution < 1.29 is 19.7 Å². The molecule has 0 aliphatic heterocycles. The Balaban J connectivity index is 1.43. The van der Waals surface area contributed by atoms with Crippen LogP contribution in [0.2, 0.25) is 5.02 Å². The van der Waals surface area contributed by atoms with Crippen molar-refractivity contribution in [3.63, 3.8) is 0 Å². The van der Waals surface area contributed by atoms with Crippen molar-refractivity contribution in [2.75, 3.05) is 0 Å². The van der Waals surface area contributed by atoms with Gasteiger partial charge in [0, 0.05) is 17.0 Å². The summed E-state index contributed by atoms with van der Waals surface area (Å²) < 4.78 is 5.76. The lowest BCUT2D eigenvalue weighted by molar-refractivity contribution is 0.0695. The number of halogens is 1. The van der Waals surface area contributed by atoms with Gasteiger partial charge in [-0.15, -0.1) is 0 Å². The number of aliphatic hydroxyl groups is 1. The number of aryl methyl sites for hydroxylation is 1. The molecule has 7 heteroatoms. The fourth-order valence-electron chi connectivity index (χ4n) is 4.07. The average molecular weight is 473 g/mol.